The minimum absolute atomic E-state index is 0.0244. The van der Waals surface area contributed by atoms with Crippen LogP contribution in [0.25, 0.3) is 0 Å². The molecule has 1 amide bonds. The number of rotatable bonds is 6. The minimum atomic E-state index is -4.70. The first-order valence-corrected chi connectivity index (χ1v) is 9.64. The molecular formula is C22H24F4N2O2. The van der Waals surface area contributed by atoms with Crippen molar-refractivity contribution in [3.8, 4) is 5.75 Å². The number of amides is 1. The Kier molecular flexibility index (Phi) is 6.36. The second-order valence-electron chi connectivity index (χ2n) is 7.62. The zero-order valence-electron chi connectivity index (χ0n) is 16.8. The standard InChI is InChI=1S/C22H24F4N2O2/c1-15(17-8-9-19(30-2)18(23)12-17)27-20(29)21(22(24,25)26)10-11-28(14-21)13-16-6-4-3-5-7-16/h3-9,12,15H,10-11,13-14H2,1-2H3,(H,27,29)/t15-,21+/m1/s1. The van der Waals surface area contributed by atoms with E-state index in [1.807, 2.05) is 30.3 Å². The highest BCUT2D eigenvalue weighted by molar-refractivity contribution is 5.84. The van der Waals surface area contributed by atoms with Crippen LogP contribution in [0.5, 0.6) is 5.75 Å². The largest absolute Gasteiger partial charge is 0.494 e. The number of ether oxygens (including phenoxy) is 1. The average molecular weight is 424 g/mol. The molecule has 1 saturated heterocycles. The van der Waals surface area contributed by atoms with Crippen molar-refractivity contribution in [3.05, 3.63) is 65.5 Å². The van der Waals surface area contributed by atoms with Crippen LogP contribution >= 0.6 is 0 Å². The molecule has 0 aromatic heterocycles. The molecule has 1 N–H and O–H groups in total. The second-order valence-corrected chi connectivity index (χ2v) is 7.62. The predicted molar refractivity (Wildman–Crippen MR) is 104 cm³/mol. The van der Waals surface area contributed by atoms with Gasteiger partial charge in [0.25, 0.3) is 0 Å². The summed E-state index contributed by atoms with van der Waals surface area (Å²) in [6.07, 6.45) is -5.02. The molecule has 0 aliphatic carbocycles. The number of hydrogen-bond donors (Lipinski definition) is 1. The first kappa shape index (κ1) is 22.1. The van der Waals surface area contributed by atoms with Crippen molar-refractivity contribution in [1.29, 1.82) is 0 Å². The van der Waals surface area contributed by atoms with E-state index in [2.05, 4.69) is 5.32 Å². The zero-order valence-corrected chi connectivity index (χ0v) is 16.8. The number of nitrogens with one attached hydrogen (secondary N) is 1. The van der Waals surface area contributed by atoms with Crippen LogP contribution in [-0.2, 0) is 11.3 Å². The van der Waals surface area contributed by atoms with Gasteiger partial charge in [0, 0.05) is 13.1 Å². The van der Waals surface area contributed by atoms with Gasteiger partial charge in [0.05, 0.1) is 13.2 Å². The maximum absolute atomic E-state index is 14.0. The molecule has 4 nitrogen and oxygen atoms in total. The molecule has 30 heavy (non-hydrogen) atoms. The second kappa shape index (κ2) is 8.63. The fourth-order valence-corrected chi connectivity index (χ4v) is 3.78. The molecule has 2 aromatic carbocycles. The Morgan fingerprint density at radius 1 is 1.23 bits per heavy atom. The van der Waals surface area contributed by atoms with Gasteiger partial charge >= 0.3 is 6.18 Å². The Hall–Kier alpha value is -2.61. The van der Waals surface area contributed by atoms with Crippen molar-refractivity contribution in [3.63, 3.8) is 0 Å². The van der Waals surface area contributed by atoms with Crippen LogP contribution < -0.4 is 10.1 Å². The molecule has 0 radical (unpaired) electrons. The molecule has 1 fully saturated rings. The Bertz CT molecular complexity index is 888. The Balaban J connectivity index is 1.75. The van der Waals surface area contributed by atoms with E-state index in [1.165, 1.54) is 26.2 Å². The number of methoxy groups -OCH3 is 1. The molecule has 0 bridgehead atoms. The summed E-state index contributed by atoms with van der Waals surface area (Å²) < 4.78 is 60.9. The Morgan fingerprint density at radius 2 is 1.93 bits per heavy atom. The quantitative estimate of drug-likeness (QED) is 0.696. The van der Waals surface area contributed by atoms with Crippen molar-refractivity contribution in [2.45, 2.75) is 32.1 Å². The van der Waals surface area contributed by atoms with Gasteiger partial charge in [0.15, 0.2) is 17.0 Å². The number of alkyl halides is 3. The van der Waals surface area contributed by atoms with E-state index in [9.17, 15) is 22.4 Å². The fraction of sp³-hybridized carbons (Fsp3) is 0.409. The van der Waals surface area contributed by atoms with Crippen LogP contribution in [-0.4, -0.2) is 37.2 Å². The number of hydrogen-bond acceptors (Lipinski definition) is 3. The SMILES string of the molecule is COc1ccc([C@@H](C)NC(=O)[C@]2(C(F)(F)F)CCN(Cc3ccccc3)C2)cc1F. The lowest BCUT2D eigenvalue weighted by molar-refractivity contribution is -0.218. The van der Waals surface area contributed by atoms with E-state index in [1.54, 1.807) is 4.90 Å². The zero-order chi connectivity index (χ0) is 21.9. The lowest BCUT2D eigenvalue weighted by Crippen LogP contribution is -2.52. The van der Waals surface area contributed by atoms with E-state index >= 15 is 0 Å². The molecule has 1 aliphatic rings. The monoisotopic (exact) mass is 424 g/mol. The number of benzene rings is 2. The first-order chi connectivity index (χ1) is 14.2. The van der Waals surface area contributed by atoms with Crippen LogP contribution in [0.4, 0.5) is 17.6 Å². The van der Waals surface area contributed by atoms with Gasteiger partial charge < -0.3 is 10.1 Å². The topological polar surface area (TPSA) is 41.6 Å². The summed E-state index contributed by atoms with van der Waals surface area (Å²) in [5.74, 6) is -1.71. The highest BCUT2D eigenvalue weighted by Gasteiger charge is 2.63. The number of carbonyl (C=O) groups is 1. The van der Waals surface area contributed by atoms with Crippen LogP contribution in [0.1, 0.15) is 30.5 Å². The summed E-state index contributed by atoms with van der Waals surface area (Å²) in [5.41, 5.74) is -1.25. The van der Waals surface area contributed by atoms with Gasteiger partial charge in [-0.3, -0.25) is 9.69 Å². The van der Waals surface area contributed by atoms with Crippen molar-refractivity contribution >= 4 is 5.91 Å². The van der Waals surface area contributed by atoms with E-state index < -0.39 is 35.9 Å². The lowest BCUT2D eigenvalue weighted by Gasteiger charge is -2.32. The predicted octanol–water partition coefficient (Wildman–Crippen LogP) is 4.47. The highest BCUT2D eigenvalue weighted by atomic mass is 19.4. The Morgan fingerprint density at radius 3 is 2.53 bits per heavy atom. The van der Waals surface area contributed by atoms with Crippen molar-refractivity contribution in [1.82, 2.24) is 10.2 Å². The number of halogens is 4. The molecule has 1 aliphatic heterocycles. The van der Waals surface area contributed by atoms with Gasteiger partial charge in [-0.2, -0.15) is 13.2 Å². The molecule has 0 unspecified atom stereocenters. The highest BCUT2D eigenvalue weighted by Crippen LogP contribution is 2.46. The van der Waals surface area contributed by atoms with Crippen LogP contribution in [0, 0.1) is 11.2 Å². The van der Waals surface area contributed by atoms with Gasteiger partial charge in [-0.25, -0.2) is 4.39 Å². The Labute approximate surface area is 172 Å². The van der Waals surface area contributed by atoms with Crippen LogP contribution in [0.15, 0.2) is 48.5 Å². The lowest BCUT2D eigenvalue weighted by atomic mass is 9.84. The molecule has 3 rings (SSSR count). The van der Waals surface area contributed by atoms with Gasteiger partial charge in [-0.15, -0.1) is 0 Å². The van der Waals surface area contributed by atoms with Gasteiger partial charge in [-0.05, 0) is 43.1 Å². The van der Waals surface area contributed by atoms with E-state index in [4.69, 9.17) is 4.74 Å². The summed E-state index contributed by atoms with van der Waals surface area (Å²) in [6.45, 7) is 1.61. The van der Waals surface area contributed by atoms with Crippen LogP contribution in [0.2, 0.25) is 0 Å². The number of carbonyl (C=O) groups excluding carboxylic acids is 1. The van der Waals surface area contributed by atoms with E-state index in [0.717, 1.165) is 11.6 Å². The summed E-state index contributed by atoms with van der Waals surface area (Å²) >= 11 is 0. The molecule has 0 spiro atoms. The molecular weight excluding hydrogens is 400 g/mol. The average Bonchev–Trinajstić information content (AvgIpc) is 3.14. The van der Waals surface area contributed by atoms with Crippen molar-refractivity contribution in [2.24, 2.45) is 5.41 Å². The summed E-state index contributed by atoms with van der Waals surface area (Å²) in [7, 11) is 1.32. The maximum Gasteiger partial charge on any atom is 0.404 e. The third-order valence-electron chi connectivity index (χ3n) is 5.60. The van der Waals surface area contributed by atoms with Gasteiger partial charge in [0.1, 0.15) is 0 Å². The number of nitrogens with zero attached hydrogens (tertiary/aromatic N) is 1. The van der Waals surface area contributed by atoms with E-state index in [0.29, 0.717) is 12.1 Å². The molecule has 2 atom stereocenters. The third kappa shape index (κ3) is 4.43. The summed E-state index contributed by atoms with van der Waals surface area (Å²) in [4.78, 5) is 14.5. The van der Waals surface area contributed by atoms with Gasteiger partial charge in [0.2, 0.25) is 5.91 Å². The summed E-state index contributed by atoms with van der Waals surface area (Å²) in [5, 5.41) is 2.44. The van der Waals surface area contributed by atoms with Crippen molar-refractivity contribution < 1.29 is 27.1 Å². The molecule has 0 saturated carbocycles. The third-order valence-corrected chi connectivity index (χ3v) is 5.60. The fourth-order valence-electron chi connectivity index (χ4n) is 3.78. The van der Waals surface area contributed by atoms with E-state index in [-0.39, 0.29) is 18.7 Å². The normalized spacial score (nSPS) is 20.7. The summed E-state index contributed by atoms with van der Waals surface area (Å²) in [6, 6.07) is 12.4. The number of likely N-dealkylation sites (tertiary alicyclic amines) is 1. The molecule has 162 valence electrons. The van der Waals surface area contributed by atoms with Crippen molar-refractivity contribution in [2.75, 3.05) is 20.2 Å². The van der Waals surface area contributed by atoms with Gasteiger partial charge in [-0.1, -0.05) is 36.4 Å². The van der Waals surface area contributed by atoms with Crippen LogP contribution in [0.3, 0.4) is 0 Å². The first-order valence-electron chi connectivity index (χ1n) is 9.64. The maximum atomic E-state index is 14.0. The molecule has 2 aromatic rings. The molecule has 8 heteroatoms. The smallest absolute Gasteiger partial charge is 0.404 e. The minimum Gasteiger partial charge on any atom is -0.494 e. The molecule has 1 heterocycles.